The van der Waals surface area contributed by atoms with E-state index in [1.807, 2.05) is 0 Å². The van der Waals surface area contributed by atoms with Crippen LogP contribution in [0.15, 0.2) is 60.7 Å². The monoisotopic (exact) mass is 616 g/mol. The maximum atomic E-state index is 15.4. The Morgan fingerprint density at radius 1 is 1.00 bits per heavy atom. The molecule has 8 atom stereocenters. The van der Waals surface area contributed by atoms with Crippen molar-refractivity contribution >= 4 is 22.6 Å². The van der Waals surface area contributed by atoms with Crippen molar-refractivity contribution in [1.82, 2.24) is 14.4 Å². The van der Waals surface area contributed by atoms with Gasteiger partial charge in [-0.2, -0.15) is 0 Å². The Balaban J connectivity index is 1.29. The smallest absolute Gasteiger partial charge is 0.314 e. The predicted molar refractivity (Wildman–Crippen MR) is 182 cm³/mol. The fraction of sp³-hybridized carbons (Fsp3) is 0.575. The van der Waals surface area contributed by atoms with Crippen molar-refractivity contribution in [3.05, 3.63) is 77.5 Å². The van der Waals surface area contributed by atoms with Gasteiger partial charge in [-0.05, 0) is 86.7 Å². The van der Waals surface area contributed by atoms with Gasteiger partial charge in [-0.25, -0.2) is 0 Å². The Hall–Kier alpha value is -3.09. The fourth-order valence-electron chi connectivity index (χ4n) is 13.6. The number of para-hydroxylation sites is 2. The maximum absolute atomic E-state index is 15.4. The number of ether oxygens (including phenoxy) is 1. The molecule has 7 aliphatic rings. The summed E-state index contributed by atoms with van der Waals surface area (Å²) in [5.41, 5.74) is 6.21. The molecule has 1 spiro atoms. The Morgan fingerprint density at radius 3 is 2.70 bits per heavy atom. The van der Waals surface area contributed by atoms with Gasteiger partial charge in [-0.1, -0.05) is 62.4 Å². The van der Waals surface area contributed by atoms with Crippen molar-refractivity contribution in [2.24, 2.45) is 22.2 Å². The summed E-state index contributed by atoms with van der Waals surface area (Å²) in [4.78, 5) is 21.0. The highest BCUT2D eigenvalue weighted by Gasteiger charge is 2.78. The molecule has 0 bridgehead atoms. The van der Waals surface area contributed by atoms with Gasteiger partial charge in [0.15, 0.2) is 0 Å². The molecule has 46 heavy (non-hydrogen) atoms. The number of esters is 1. The molecule has 240 valence electrons. The van der Waals surface area contributed by atoms with Crippen LogP contribution in [0.5, 0.6) is 0 Å². The van der Waals surface area contributed by atoms with E-state index in [1.165, 1.54) is 35.0 Å². The SMILES string of the molecule is CCC12C=CCN3CCC4(c5ccccc5NC4C(C(=O)OC)(C4Cn5c6c(c7ccccc75)CCN5CCCC4(CC)C65)C1)C32. The van der Waals surface area contributed by atoms with E-state index in [4.69, 9.17) is 4.74 Å². The molecule has 3 aromatic rings. The van der Waals surface area contributed by atoms with E-state index in [-0.39, 0.29) is 34.2 Å². The lowest BCUT2D eigenvalue weighted by Gasteiger charge is -2.68. The van der Waals surface area contributed by atoms with Crippen LogP contribution >= 0.6 is 0 Å². The summed E-state index contributed by atoms with van der Waals surface area (Å²) in [6.07, 6.45) is 12.5. The first-order valence-corrected chi connectivity index (χ1v) is 18.2. The summed E-state index contributed by atoms with van der Waals surface area (Å²) in [5.74, 6) is 0.156. The number of anilines is 1. The topological polar surface area (TPSA) is 49.7 Å². The zero-order valence-electron chi connectivity index (χ0n) is 27.7. The van der Waals surface area contributed by atoms with Gasteiger partial charge in [0.25, 0.3) is 0 Å². The van der Waals surface area contributed by atoms with Gasteiger partial charge >= 0.3 is 5.97 Å². The third kappa shape index (κ3) is 2.98. The predicted octanol–water partition coefficient (Wildman–Crippen LogP) is 6.70. The Morgan fingerprint density at radius 2 is 1.85 bits per heavy atom. The van der Waals surface area contributed by atoms with Crippen LogP contribution in [0.4, 0.5) is 5.69 Å². The number of carbonyl (C=O) groups is 1. The van der Waals surface area contributed by atoms with Crippen LogP contribution < -0.4 is 5.32 Å². The molecule has 3 fully saturated rings. The van der Waals surface area contributed by atoms with Crippen molar-refractivity contribution in [3.63, 3.8) is 0 Å². The van der Waals surface area contributed by atoms with Gasteiger partial charge in [0.2, 0.25) is 0 Å². The largest absolute Gasteiger partial charge is 0.469 e. The number of methoxy groups -OCH3 is 1. The zero-order chi connectivity index (χ0) is 31.1. The number of fused-ring (bicyclic) bond motifs is 4. The molecule has 1 aromatic heterocycles. The number of benzene rings is 2. The summed E-state index contributed by atoms with van der Waals surface area (Å²) in [6.45, 7) is 10.1. The van der Waals surface area contributed by atoms with Crippen molar-refractivity contribution in [2.75, 3.05) is 38.6 Å². The van der Waals surface area contributed by atoms with Crippen molar-refractivity contribution in [3.8, 4) is 0 Å². The van der Waals surface area contributed by atoms with Gasteiger partial charge in [0, 0.05) is 64.7 Å². The third-order valence-corrected chi connectivity index (χ3v) is 15.0. The lowest BCUT2D eigenvalue weighted by molar-refractivity contribution is -0.193. The minimum Gasteiger partial charge on any atom is -0.469 e. The van der Waals surface area contributed by atoms with Gasteiger partial charge in [0.1, 0.15) is 0 Å². The zero-order valence-corrected chi connectivity index (χ0v) is 27.7. The summed E-state index contributed by atoms with van der Waals surface area (Å²) in [7, 11) is 1.67. The molecule has 1 aliphatic carbocycles. The van der Waals surface area contributed by atoms with E-state index in [1.54, 1.807) is 18.4 Å². The van der Waals surface area contributed by atoms with Gasteiger partial charge in [-0.15, -0.1) is 0 Å². The Labute approximate surface area is 273 Å². The first-order chi connectivity index (χ1) is 22.5. The first-order valence-electron chi connectivity index (χ1n) is 18.2. The molecule has 2 aromatic carbocycles. The lowest BCUT2D eigenvalue weighted by atomic mass is 9.40. The molecule has 0 radical (unpaired) electrons. The summed E-state index contributed by atoms with van der Waals surface area (Å²) < 4.78 is 8.88. The molecule has 6 heteroatoms. The lowest BCUT2D eigenvalue weighted by Crippen LogP contribution is -2.74. The molecule has 6 aliphatic heterocycles. The summed E-state index contributed by atoms with van der Waals surface area (Å²) in [5, 5.41) is 5.62. The van der Waals surface area contributed by atoms with E-state index in [2.05, 4.69) is 94.2 Å². The van der Waals surface area contributed by atoms with Gasteiger partial charge in [-0.3, -0.25) is 14.6 Å². The summed E-state index contributed by atoms with van der Waals surface area (Å²) in [6, 6.07) is 18.9. The van der Waals surface area contributed by atoms with Gasteiger partial charge in [0.05, 0.1) is 24.6 Å². The van der Waals surface area contributed by atoms with Crippen LogP contribution in [-0.4, -0.2) is 65.7 Å². The quantitative estimate of drug-likeness (QED) is 0.261. The van der Waals surface area contributed by atoms with E-state index in [0.717, 1.165) is 64.8 Å². The van der Waals surface area contributed by atoms with E-state index >= 15 is 4.79 Å². The fourth-order valence-corrected chi connectivity index (χ4v) is 13.6. The van der Waals surface area contributed by atoms with Crippen molar-refractivity contribution in [2.45, 2.75) is 88.9 Å². The second-order valence-electron chi connectivity index (χ2n) is 15.9. The average molecular weight is 617 g/mol. The van der Waals surface area contributed by atoms with Crippen LogP contribution in [0.1, 0.15) is 75.2 Å². The molecule has 1 saturated carbocycles. The number of hydrogen-bond donors (Lipinski definition) is 1. The standard InChI is InChI=1S/C40H48N4O2/c1-4-37-17-10-21-43-23-19-39(35(37)43)28-13-7-8-14-29(28)41-34(39)40(25-37,36(45)46-3)31-24-44-30-15-9-6-12-26(30)27-16-22-42-20-11-18-38(31,5-2)33(42)32(27)44/h6-10,12-15,17,31,33-35,41H,4-5,11,16,18-25H2,1-3H3. The van der Waals surface area contributed by atoms with E-state index in [0.29, 0.717) is 12.1 Å². The minimum absolute atomic E-state index is 0.0118. The molecular formula is C40H48N4O2. The number of piperidine rings is 1. The third-order valence-electron chi connectivity index (χ3n) is 15.0. The van der Waals surface area contributed by atoms with Crippen LogP contribution in [0, 0.1) is 22.2 Å². The van der Waals surface area contributed by atoms with Crippen LogP contribution in [0.2, 0.25) is 0 Å². The highest BCUT2D eigenvalue weighted by atomic mass is 16.5. The highest BCUT2D eigenvalue weighted by Crippen LogP contribution is 2.73. The average Bonchev–Trinajstić information content (AvgIpc) is 3.78. The second kappa shape index (κ2) is 9.29. The number of carbonyl (C=O) groups excluding carboxylic acids is 1. The Kier molecular flexibility index (Phi) is 5.65. The van der Waals surface area contributed by atoms with Crippen molar-refractivity contribution < 1.29 is 9.53 Å². The molecule has 7 heterocycles. The number of nitrogens with one attached hydrogen (secondary N) is 1. The number of aromatic nitrogens is 1. The summed E-state index contributed by atoms with van der Waals surface area (Å²) >= 11 is 0. The minimum atomic E-state index is -0.697. The van der Waals surface area contributed by atoms with E-state index < -0.39 is 5.41 Å². The molecule has 6 nitrogen and oxygen atoms in total. The number of nitrogens with zero attached hydrogens (tertiary/aromatic N) is 3. The van der Waals surface area contributed by atoms with Gasteiger partial charge < -0.3 is 14.6 Å². The Bertz CT molecular complexity index is 1810. The van der Waals surface area contributed by atoms with Crippen LogP contribution in [0.3, 0.4) is 0 Å². The molecule has 1 N–H and O–H groups in total. The molecule has 8 unspecified atom stereocenters. The number of rotatable bonds is 4. The molecule has 2 saturated heterocycles. The number of hydrogen-bond acceptors (Lipinski definition) is 5. The first kappa shape index (κ1) is 28.0. The molecular weight excluding hydrogens is 568 g/mol. The molecule has 10 rings (SSSR count). The maximum Gasteiger partial charge on any atom is 0.314 e. The second-order valence-corrected chi connectivity index (χ2v) is 15.9. The van der Waals surface area contributed by atoms with Crippen molar-refractivity contribution in [1.29, 1.82) is 0 Å². The van der Waals surface area contributed by atoms with Crippen LogP contribution in [0.25, 0.3) is 10.9 Å². The van der Waals surface area contributed by atoms with E-state index in [9.17, 15) is 0 Å². The van der Waals surface area contributed by atoms with Crippen LogP contribution in [-0.2, 0) is 27.9 Å². The highest BCUT2D eigenvalue weighted by molar-refractivity contribution is 5.87. The normalized spacial score (nSPS) is 40.2. The molecule has 0 amide bonds.